The second kappa shape index (κ2) is 20.6. The number of hydrogen-bond acceptors (Lipinski definition) is 11. The number of allylic oxidation sites excluding steroid dienone is 8. The summed E-state index contributed by atoms with van der Waals surface area (Å²) in [6.07, 6.45) is 12.4. The molecule has 0 fully saturated rings. The van der Waals surface area contributed by atoms with Crippen LogP contribution >= 0.6 is 0 Å². The standard InChI is InChI=1S/C51H69N3O12S/c1-30(2)14-9-16-32(5)18-11-21-50(7)43(57)26-36-41(55)24-34-38(45(36)64-50)28-53(47(34)58)23-13-20-40(49(60)61)54-29-39-35(48(54)59)25-42(56)37-27-44(66-67(52,62)63)51(8,65-46(37)39)22-12-19-33(6)17-10-15-31(3)4/h14-15,18-19,24-25,40,43-44,55-57H,9-13,16-17,20-23,26-29H2,1-8H3,(H,60,61)(H2,52,62,63)/b32-18+,33-19+/t40-,43-,44-,50+,51+/m0/s1. The first-order valence-corrected chi connectivity index (χ1v) is 24.8. The van der Waals surface area contributed by atoms with Crippen molar-refractivity contribution in [3.8, 4) is 23.0 Å². The third-order valence-electron chi connectivity index (χ3n) is 13.7. The first-order chi connectivity index (χ1) is 31.4. The van der Waals surface area contributed by atoms with Gasteiger partial charge in [-0.25, -0.2) is 9.93 Å². The Bertz CT molecular complexity index is 2500. The number of phenols is 2. The molecule has 0 spiro atoms. The Labute approximate surface area is 395 Å². The van der Waals surface area contributed by atoms with E-state index in [-0.39, 0.29) is 85.2 Å². The lowest BCUT2D eigenvalue weighted by Crippen LogP contribution is -2.52. The van der Waals surface area contributed by atoms with Crippen LogP contribution in [0.4, 0.5) is 0 Å². The smallest absolute Gasteiger partial charge is 0.333 e. The van der Waals surface area contributed by atoms with Crippen molar-refractivity contribution in [3.63, 3.8) is 0 Å². The molecule has 6 rings (SSSR count). The molecule has 0 radical (unpaired) electrons. The number of carboxylic acid groups (broad SMARTS) is 1. The number of nitrogens with zero attached hydrogens (tertiary/aromatic N) is 2. The molecule has 4 aliphatic rings. The number of hydrogen-bond donors (Lipinski definition) is 5. The SMILES string of the molecule is CC(C)=CCC/C(C)=C/CC[C@@]1(C)Oc2c(c(O)cc3c2CN([C@@H](CCCN2Cc4c(cc(O)c5c4O[C@](C)(CC/C=C(\C)CCC=C(C)C)[C@@H](O)C5)C2=O)C(=O)O)C3=O)C[C@@H]1OS(N)(=O)=O. The third kappa shape index (κ3) is 11.8. The Morgan fingerprint density at radius 3 is 1.84 bits per heavy atom. The van der Waals surface area contributed by atoms with E-state index >= 15 is 0 Å². The second-order valence-electron chi connectivity index (χ2n) is 19.8. The minimum Gasteiger partial charge on any atom is -0.508 e. The lowest BCUT2D eigenvalue weighted by Gasteiger charge is -2.42. The van der Waals surface area contributed by atoms with Crippen molar-refractivity contribution in [2.45, 2.75) is 175 Å². The molecular weight excluding hydrogens is 879 g/mol. The molecule has 0 saturated carbocycles. The number of carboxylic acids is 1. The van der Waals surface area contributed by atoms with Crippen LogP contribution in [-0.2, 0) is 45.2 Å². The minimum absolute atomic E-state index is 0.0170. The van der Waals surface area contributed by atoms with Gasteiger partial charge in [0.05, 0.1) is 30.3 Å². The Balaban J connectivity index is 1.15. The molecular formula is C51H69N3O12S. The van der Waals surface area contributed by atoms with E-state index in [1.807, 2.05) is 27.7 Å². The number of benzene rings is 2. The predicted molar refractivity (Wildman–Crippen MR) is 254 cm³/mol. The molecule has 2 aromatic rings. The van der Waals surface area contributed by atoms with Gasteiger partial charge in [0.2, 0.25) is 0 Å². The number of aliphatic hydroxyl groups excluding tert-OH is 1. The Hall–Kier alpha value is -5.16. The molecule has 16 heteroatoms. The average molecular weight is 948 g/mol. The lowest BCUT2D eigenvalue weighted by atomic mass is 9.84. The number of nitrogens with two attached hydrogens (primary N) is 1. The third-order valence-corrected chi connectivity index (χ3v) is 14.2. The zero-order valence-corrected chi connectivity index (χ0v) is 41.1. The first-order valence-electron chi connectivity index (χ1n) is 23.3. The molecule has 5 atom stereocenters. The van der Waals surface area contributed by atoms with E-state index in [9.17, 15) is 43.2 Å². The molecule has 4 heterocycles. The van der Waals surface area contributed by atoms with E-state index in [1.54, 1.807) is 11.8 Å². The van der Waals surface area contributed by atoms with Gasteiger partial charge in [0.25, 0.3) is 11.8 Å². The van der Waals surface area contributed by atoms with E-state index < -0.39 is 51.6 Å². The number of aliphatic carboxylic acids is 1. The highest BCUT2D eigenvalue weighted by Gasteiger charge is 2.49. The summed E-state index contributed by atoms with van der Waals surface area (Å²) in [5, 5.41) is 49.4. The molecule has 0 aliphatic carbocycles. The van der Waals surface area contributed by atoms with Gasteiger partial charge in [-0.2, -0.15) is 8.42 Å². The van der Waals surface area contributed by atoms with E-state index in [4.69, 9.17) is 18.8 Å². The van der Waals surface area contributed by atoms with Gasteiger partial charge in [0.15, 0.2) is 0 Å². The summed E-state index contributed by atoms with van der Waals surface area (Å²) in [7, 11) is -4.44. The molecule has 4 aliphatic heterocycles. The predicted octanol–water partition coefficient (Wildman–Crippen LogP) is 8.23. The van der Waals surface area contributed by atoms with Crippen molar-refractivity contribution in [2.24, 2.45) is 5.14 Å². The molecule has 0 aromatic heterocycles. The van der Waals surface area contributed by atoms with Crippen molar-refractivity contribution in [1.29, 1.82) is 0 Å². The number of fused-ring (bicyclic) bond motifs is 6. The summed E-state index contributed by atoms with van der Waals surface area (Å²) in [6, 6.07) is 1.35. The topological polar surface area (TPSA) is 226 Å². The lowest BCUT2D eigenvalue weighted by molar-refractivity contribution is -0.142. The zero-order chi connectivity index (χ0) is 49.2. The molecule has 0 bridgehead atoms. The second-order valence-corrected chi connectivity index (χ2v) is 20.9. The number of aliphatic hydroxyl groups is 1. The molecule has 0 saturated heterocycles. The van der Waals surface area contributed by atoms with Crippen molar-refractivity contribution in [2.75, 3.05) is 6.54 Å². The quantitative estimate of drug-likeness (QED) is 0.0792. The molecule has 67 heavy (non-hydrogen) atoms. The monoisotopic (exact) mass is 947 g/mol. The summed E-state index contributed by atoms with van der Waals surface area (Å²) < 4.78 is 43.0. The maximum Gasteiger partial charge on any atom is 0.333 e. The van der Waals surface area contributed by atoms with Crippen LogP contribution < -0.4 is 14.6 Å². The van der Waals surface area contributed by atoms with E-state index in [1.165, 1.54) is 33.8 Å². The highest BCUT2D eigenvalue weighted by molar-refractivity contribution is 7.84. The van der Waals surface area contributed by atoms with Gasteiger partial charge in [-0.15, -0.1) is 0 Å². The van der Waals surface area contributed by atoms with Gasteiger partial charge in [-0.3, -0.25) is 13.8 Å². The fourth-order valence-electron chi connectivity index (χ4n) is 9.68. The fourth-order valence-corrected chi connectivity index (χ4v) is 10.3. The van der Waals surface area contributed by atoms with Gasteiger partial charge in [-0.05, 0) is 132 Å². The normalized spacial score (nSPS) is 22.9. The summed E-state index contributed by atoms with van der Waals surface area (Å²) in [5.41, 5.74) is 4.62. The number of ether oxygens (including phenoxy) is 2. The number of carbonyl (C=O) groups is 3. The van der Waals surface area contributed by atoms with E-state index in [0.717, 1.165) is 31.3 Å². The summed E-state index contributed by atoms with van der Waals surface area (Å²) in [6.45, 7) is 16.0. The molecule has 2 aromatic carbocycles. The van der Waals surface area contributed by atoms with Crippen molar-refractivity contribution < 1.29 is 56.9 Å². The van der Waals surface area contributed by atoms with Gasteiger partial charge >= 0.3 is 16.3 Å². The minimum atomic E-state index is -4.44. The maximum absolute atomic E-state index is 14.0. The Kier molecular flexibility index (Phi) is 15.8. The summed E-state index contributed by atoms with van der Waals surface area (Å²) >= 11 is 0. The van der Waals surface area contributed by atoms with Gasteiger partial charge in [0, 0.05) is 41.6 Å². The van der Waals surface area contributed by atoms with E-state index in [0.29, 0.717) is 48.1 Å². The molecule has 2 amide bonds. The van der Waals surface area contributed by atoms with Crippen LogP contribution in [0, 0.1) is 0 Å². The summed E-state index contributed by atoms with van der Waals surface area (Å²) in [5.74, 6) is -2.12. The van der Waals surface area contributed by atoms with Crippen molar-refractivity contribution in [1.82, 2.24) is 9.80 Å². The highest BCUT2D eigenvalue weighted by atomic mass is 32.2. The average Bonchev–Trinajstić information content (AvgIpc) is 3.71. The first kappa shape index (κ1) is 51.2. The van der Waals surface area contributed by atoms with Crippen LogP contribution in [0.2, 0.25) is 0 Å². The van der Waals surface area contributed by atoms with Crippen LogP contribution in [0.25, 0.3) is 0 Å². The fraction of sp³-hybridized carbons (Fsp3) is 0.549. The van der Waals surface area contributed by atoms with E-state index in [2.05, 4.69) is 45.1 Å². The largest absolute Gasteiger partial charge is 0.508 e. The number of aromatic hydroxyl groups is 2. The van der Waals surface area contributed by atoms with Crippen LogP contribution in [0.15, 0.2) is 58.7 Å². The number of phenolic OH excluding ortho intramolecular Hbond substituents is 2. The molecule has 15 nitrogen and oxygen atoms in total. The van der Waals surface area contributed by atoms with Crippen LogP contribution in [0.1, 0.15) is 163 Å². The van der Waals surface area contributed by atoms with Gasteiger partial charge in [-0.1, -0.05) is 46.6 Å². The zero-order valence-electron chi connectivity index (χ0n) is 40.2. The summed E-state index contributed by atoms with van der Waals surface area (Å²) in [4.78, 5) is 43.5. The number of carbonyl (C=O) groups excluding carboxylic acids is 2. The maximum atomic E-state index is 14.0. The van der Waals surface area contributed by atoms with Crippen LogP contribution in [-0.4, -0.2) is 92.4 Å². The number of rotatable bonds is 20. The molecule has 366 valence electrons. The molecule has 0 unspecified atom stereocenters. The Morgan fingerprint density at radius 1 is 0.791 bits per heavy atom. The van der Waals surface area contributed by atoms with Crippen LogP contribution in [0.3, 0.4) is 0 Å². The van der Waals surface area contributed by atoms with Crippen molar-refractivity contribution in [3.05, 3.63) is 92.1 Å². The Morgan fingerprint density at radius 2 is 1.30 bits per heavy atom. The van der Waals surface area contributed by atoms with Gasteiger partial charge in [0.1, 0.15) is 46.3 Å². The molecule has 6 N–H and O–H groups in total. The highest BCUT2D eigenvalue weighted by Crippen LogP contribution is 2.49. The van der Waals surface area contributed by atoms with Crippen molar-refractivity contribution >= 4 is 28.1 Å². The van der Waals surface area contributed by atoms with Gasteiger partial charge < -0.3 is 39.7 Å². The number of amides is 2. The van der Waals surface area contributed by atoms with Crippen LogP contribution in [0.5, 0.6) is 23.0 Å².